The Morgan fingerprint density at radius 2 is 1.41 bits per heavy atom. The molecular weight excluding hydrogens is 334 g/mol. The van der Waals surface area contributed by atoms with Crippen molar-refractivity contribution in [3.63, 3.8) is 0 Å². The Bertz CT molecular complexity index is 1110. The summed E-state index contributed by atoms with van der Waals surface area (Å²) in [6.45, 7) is 1.60. The van der Waals surface area contributed by atoms with E-state index in [1.165, 1.54) is 0 Å². The van der Waals surface area contributed by atoms with Gasteiger partial charge in [0.25, 0.3) is 0 Å². The molecule has 0 saturated heterocycles. The first-order chi connectivity index (χ1) is 13.2. The normalized spacial score (nSPS) is 10.7. The Kier molecular flexibility index (Phi) is 4.43. The molecule has 0 atom stereocenters. The maximum Gasteiger partial charge on any atom is 0.160 e. The van der Waals surface area contributed by atoms with Crippen LogP contribution in [-0.2, 0) is 0 Å². The number of hydrogen-bond acceptors (Lipinski definition) is 3. The maximum atomic E-state index is 12.1. The number of aromatic nitrogens is 1. The number of ether oxygens (including phenoxy) is 1. The Morgan fingerprint density at radius 1 is 0.815 bits per heavy atom. The number of methoxy groups -OCH3 is 1. The second-order valence-electron chi connectivity index (χ2n) is 6.43. The lowest BCUT2D eigenvalue weighted by atomic mass is 9.99. The predicted molar refractivity (Wildman–Crippen MR) is 109 cm³/mol. The number of hydrogen-bond donors (Lipinski definition) is 0. The molecule has 4 rings (SSSR count). The zero-order chi connectivity index (χ0) is 18.8. The number of benzene rings is 3. The lowest BCUT2D eigenvalue weighted by Crippen LogP contribution is -1.97. The summed E-state index contributed by atoms with van der Waals surface area (Å²) >= 11 is 0. The molecule has 27 heavy (non-hydrogen) atoms. The van der Waals surface area contributed by atoms with E-state index in [4.69, 9.17) is 9.72 Å². The third kappa shape index (κ3) is 3.32. The van der Waals surface area contributed by atoms with Crippen molar-refractivity contribution in [2.45, 2.75) is 6.92 Å². The number of pyridine rings is 1. The van der Waals surface area contributed by atoms with E-state index in [1.54, 1.807) is 14.0 Å². The largest absolute Gasteiger partial charge is 0.497 e. The molecule has 0 fully saturated rings. The monoisotopic (exact) mass is 353 g/mol. The summed E-state index contributed by atoms with van der Waals surface area (Å²) in [6, 6.07) is 25.8. The van der Waals surface area contributed by atoms with E-state index in [0.29, 0.717) is 5.56 Å². The van der Waals surface area contributed by atoms with Crippen molar-refractivity contribution in [1.82, 2.24) is 4.98 Å². The van der Waals surface area contributed by atoms with Crippen molar-refractivity contribution >= 4 is 16.7 Å². The summed E-state index contributed by atoms with van der Waals surface area (Å²) < 4.78 is 5.21. The van der Waals surface area contributed by atoms with Gasteiger partial charge in [-0.25, -0.2) is 4.98 Å². The molecule has 0 unspecified atom stereocenters. The average Bonchev–Trinajstić information content (AvgIpc) is 2.73. The summed E-state index contributed by atoms with van der Waals surface area (Å²) in [5, 5.41) is 0.892. The second-order valence-corrected chi connectivity index (χ2v) is 6.43. The van der Waals surface area contributed by atoms with Crippen molar-refractivity contribution in [3.8, 4) is 28.1 Å². The van der Waals surface area contributed by atoms with Crippen molar-refractivity contribution in [2.75, 3.05) is 7.11 Å². The third-order valence-electron chi connectivity index (χ3n) is 4.70. The fourth-order valence-corrected chi connectivity index (χ4v) is 3.23. The van der Waals surface area contributed by atoms with E-state index in [1.807, 2.05) is 66.7 Å². The minimum atomic E-state index is 0.0460. The van der Waals surface area contributed by atoms with E-state index in [9.17, 15) is 4.79 Å². The van der Waals surface area contributed by atoms with Crippen LogP contribution in [0.25, 0.3) is 33.3 Å². The van der Waals surface area contributed by atoms with Crippen molar-refractivity contribution in [3.05, 3.63) is 84.4 Å². The first kappa shape index (κ1) is 17.0. The van der Waals surface area contributed by atoms with Crippen molar-refractivity contribution in [1.29, 1.82) is 0 Å². The van der Waals surface area contributed by atoms with Crippen LogP contribution in [0.1, 0.15) is 17.3 Å². The molecule has 1 aromatic heterocycles. The number of fused-ring (bicyclic) bond motifs is 1. The molecule has 3 aromatic carbocycles. The summed E-state index contributed by atoms with van der Waals surface area (Å²) in [4.78, 5) is 16.8. The molecule has 1 heterocycles. The fraction of sp³-hybridized carbons (Fsp3) is 0.0833. The van der Waals surface area contributed by atoms with Gasteiger partial charge < -0.3 is 4.74 Å². The van der Waals surface area contributed by atoms with Gasteiger partial charge in [-0.1, -0.05) is 54.6 Å². The molecular formula is C24H19NO2. The minimum absolute atomic E-state index is 0.0460. The van der Waals surface area contributed by atoms with E-state index in [2.05, 4.69) is 12.1 Å². The van der Waals surface area contributed by atoms with Crippen molar-refractivity contribution < 1.29 is 9.53 Å². The van der Waals surface area contributed by atoms with Crippen LogP contribution >= 0.6 is 0 Å². The summed E-state index contributed by atoms with van der Waals surface area (Å²) in [7, 11) is 1.66. The van der Waals surface area contributed by atoms with Crippen LogP contribution in [0.5, 0.6) is 5.75 Å². The highest BCUT2D eigenvalue weighted by Crippen LogP contribution is 2.28. The molecule has 0 aliphatic rings. The Hall–Kier alpha value is -3.46. The molecule has 0 bridgehead atoms. The predicted octanol–water partition coefficient (Wildman–Crippen LogP) is 5.78. The van der Waals surface area contributed by atoms with E-state index < -0.39 is 0 Å². The fourth-order valence-electron chi connectivity index (χ4n) is 3.23. The van der Waals surface area contributed by atoms with E-state index >= 15 is 0 Å². The second kappa shape index (κ2) is 7.04. The van der Waals surface area contributed by atoms with Gasteiger partial charge in [-0.15, -0.1) is 0 Å². The first-order valence-electron chi connectivity index (χ1n) is 8.81. The summed E-state index contributed by atoms with van der Waals surface area (Å²) in [6.07, 6.45) is 0. The number of para-hydroxylation sites is 1. The average molecular weight is 353 g/mol. The van der Waals surface area contributed by atoms with E-state index in [0.717, 1.165) is 39.0 Å². The number of nitrogens with zero attached hydrogens (tertiary/aromatic N) is 1. The molecule has 3 nitrogen and oxygen atoms in total. The molecule has 0 saturated carbocycles. The van der Waals surface area contributed by atoms with Gasteiger partial charge in [-0.3, -0.25) is 4.79 Å². The molecule has 0 radical (unpaired) electrons. The lowest BCUT2D eigenvalue weighted by molar-refractivity contribution is 0.101. The number of Topliss-reactive ketones (excluding diaryl/α,β-unsaturated/α-hetero) is 1. The maximum absolute atomic E-state index is 12.1. The Morgan fingerprint density at radius 3 is 2.04 bits per heavy atom. The highest BCUT2D eigenvalue weighted by atomic mass is 16.5. The molecule has 0 aliphatic heterocycles. The summed E-state index contributed by atoms with van der Waals surface area (Å²) in [5.74, 6) is 0.886. The van der Waals surface area contributed by atoms with Crippen LogP contribution in [0, 0.1) is 0 Å². The molecule has 132 valence electrons. The third-order valence-corrected chi connectivity index (χ3v) is 4.70. The Balaban J connectivity index is 1.74. The first-order valence-corrected chi connectivity index (χ1v) is 8.81. The number of rotatable bonds is 4. The lowest BCUT2D eigenvalue weighted by Gasteiger charge is -2.09. The van der Waals surface area contributed by atoms with Crippen LogP contribution in [0.2, 0.25) is 0 Å². The molecule has 3 heteroatoms. The zero-order valence-corrected chi connectivity index (χ0v) is 15.3. The number of ketones is 1. The molecule has 0 N–H and O–H groups in total. The van der Waals surface area contributed by atoms with Crippen LogP contribution in [0.4, 0.5) is 0 Å². The SMILES string of the molecule is COc1ccc(-c2ccc(-c3cc(C(C)=O)c4ccccc4n3)cc2)cc1. The highest BCUT2D eigenvalue weighted by Gasteiger charge is 2.10. The van der Waals surface area contributed by atoms with Crippen LogP contribution in [0.3, 0.4) is 0 Å². The van der Waals surface area contributed by atoms with Gasteiger partial charge in [0, 0.05) is 16.5 Å². The van der Waals surface area contributed by atoms with Gasteiger partial charge in [0.15, 0.2) is 5.78 Å². The molecule has 0 spiro atoms. The van der Waals surface area contributed by atoms with Crippen LogP contribution in [0.15, 0.2) is 78.9 Å². The van der Waals surface area contributed by atoms with Gasteiger partial charge in [0.05, 0.1) is 18.3 Å². The molecule has 0 amide bonds. The smallest absolute Gasteiger partial charge is 0.160 e. The van der Waals surface area contributed by atoms with Crippen LogP contribution < -0.4 is 4.74 Å². The molecule has 4 aromatic rings. The standard InChI is InChI=1S/C24H19NO2/c1-16(26)22-15-24(25-23-6-4-3-5-21(22)23)19-9-7-17(8-10-19)18-11-13-20(27-2)14-12-18/h3-15H,1-2H3. The van der Waals surface area contributed by atoms with Crippen LogP contribution in [-0.4, -0.2) is 17.9 Å². The number of carbonyl (C=O) groups is 1. The number of carbonyl (C=O) groups excluding carboxylic acids is 1. The van der Waals surface area contributed by atoms with Gasteiger partial charge in [-0.05, 0) is 42.3 Å². The van der Waals surface area contributed by atoms with E-state index in [-0.39, 0.29) is 5.78 Å². The highest BCUT2D eigenvalue weighted by molar-refractivity contribution is 6.07. The van der Waals surface area contributed by atoms with Gasteiger partial charge >= 0.3 is 0 Å². The molecule has 0 aliphatic carbocycles. The van der Waals surface area contributed by atoms with Gasteiger partial charge in [0.2, 0.25) is 0 Å². The van der Waals surface area contributed by atoms with Gasteiger partial charge in [-0.2, -0.15) is 0 Å². The zero-order valence-electron chi connectivity index (χ0n) is 15.3. The minimum Gasteiger partial charge on any atom is -0.497 e. The quantitative estimate of drug-likeness (QED) is 0.437. The summed E-state index contributed by atoms with van der Waals surface area (Å²) in [5.41, 5.74) is 5.57. The Labute approximate surface area is 158 Å². The van der Waals surface area contributed by atoms with Crippen molar-refractivity contribution in [2.24, 2.45) is 0 Å². The van der Waals surface area contributed by atoms with Gasteiger partial charge in [0.1, 0.15) is 5.75 Å². The topological polar surface area (TPSA) is 39.2 Å².